The van der Waals surface area contributed by atoms with Gasteiger partial charge in [-0.15, -0.1) is 0 Å². The van der Waals surface area contributed by atoms with E-state index in [0.717, 1.165) is 50.1 Å². The van der Waals surface area contributed by atoms with Crippen LogP contribution in [0.5, 0.6) is 0 Å². The van der Waals surface area contributed by atoms with Crippen LogP contribution < -0.4 is 15.5 Å². The van der Waals surface area contributed by atoms with E-state index in [1.165, 1.54) is 32.4 Å². The Morgan fingerprint density at radius 2 is 1.93 bits per heavy atom. The van der Waals surface area contributed by atoms with Gasteiger partial charge in [0.05, 0.1) is 11.4 Å². The Balaban J connectivity index is 1.33. The summed E-state index contributed by atoms with van der Waals surface area (Å²) in [7, 11) is 0. The van der Waals surface area contributed by atoms with Crippen molar-refractivity contribution < 1.29 is 9.59 Å². The first-order chi connectivity index (χ1) is 13.2. The second-order valence-electron chi connectivity index (χ2n) is 7.94. The van der Waals surface area contributed by atoms with Crippen LogP contribution in [0.4, 0.5) is 11.4 Å². The van der Waals surface area contributed by atoms with Crippen molar-refractivity contribution in [3.8, 4) is 0 Å². The van der Waals surface area contributed by atoms with Gasteiger partial charge in [-0.3, -0.25) is 9.59 Å². The lowest BCUT2D eigenvalue weighted by atomic mass is 9.97. The van der Waals surface area contributed by atoms with Gasteiger partial charge in [0.15, 0.2) is 0 Å². The van der Waals surface area contributed by atoms with Crippen LogP contribution in [0.2, 0.25) is 0 Å². The zero-order chi connectivity index (χ0) is 18.6. The second-order valence-corrected chi connectivity index (χ2v) is 7.94. The number of hydrogen-bond acceptors (Lipinski definition) is 4. The van der Waals surface area contributed by atoms with Crippen LogP contribution in [0.3, 0.4) is 0 Å². The number of amides is 2. The summed E-state index contributed by atoms with van der Waals surface area (Å²) >= 11 is 0. The molecule has 0 bridgehead atoms. The van der Waals surface area contributed by atoms with E-state index >= 15 is 0 Å². The Kier molecular flexibility index (Phi) is 5.62. The van der Waals surface area contributed by atoms with Gasteiger partial charge in [-0.25, -0.2) is 0 Å². The monoisotopic (exact) mass is 370 g/mol. The smallest absolute Gasteiger partial charge is 0.251 e. The Hall–Kier alpha value is -2.08. The predicted octanol–water partition coefficient (Wildman–Crippen LogP) is 2.60. The number of carbonyl (C=O) groups excluding carboxylic acids is 2. The summed E-state index contributed by atoms with van der Waals surface area (Å²) in [5.41, 5.74) is 2.42. The van der Waals surface area contributed by atoms with E-state index < -0.39 is 0 Å². The lowest BCUT2D eigenvalue weighted by Gasteiger charge is -2.41. The molecule has 4 rings (SSSR count). The summed E-state index contributed by atoms with van der Waals surface area (Å²) in [5.74, 6) is -0.00671. The van der Waals surface area contributed by atoms with Crippen LogP contribution in [0.25, 0.3) is 0 Å². The largest absolute Gasteiger partial charge is 0.358 e. The van der Waals surface area contributed by atoms with Crippen LogP contribution in [0.15, 0.2) is 18.2 Å². The van der Waals surface area contributed by atoms with Gasteiger partial charge in [0.2, 0.25) is 5.91 Å². The number of likely N-dealkylation sites (tertiary alicyclic amines) is 1. The summed E-state index contributed by atoms with van der Waals surface area (Å²) in [6, 6.07) is 5.62. The summed E-state index contributed by atoms with van der Waals surface area (Å²) < 4.78 is 0. The summed E-state index contributed by atoms with van der Waals surface area (Å²) in [6.07, 6.45) is 8.04. The highest BCUT2D eigenvalue weighted by molar-refractivity contribution is 6.05. The third-order valence-electron chi connectivity index (χ3n) is 6.02. The quantitative estimate of drug-likeness (QED) is 0.782. The predicted molar refractivity (Wildman–Crippen MR) is 107 cm³/mol. The fourth-order valence-electron chi connectivity index (χ4n) is 4.53. The number of hydrogen-bond donors (Lipinski definition) is 2. The number of benzene rings is 1. The molecule has 0 spiro atoms. The Morgan fingerprint density at radius 3 is 2.78 bits per heavy atom. The zero-order valence-electron chi connectivity index (χ0n) is 16.0. The minimum Gasteiger partial charge on any atom is -0.358 e. The third kappa shape index (κ3) is 4.10. The van der Waals surface area contributed by atoms with E-state index in [1.807, 2.05) is 18.2 Å². The average Bonchev–Trinajstić information content (AvgIpc) is 2.71. The van der Waals surface area contributed by atoms with Crippen LogP contribution in [-0.2, 0) is 4.79 Å². The molecule has 0 radical (unpaired) electrons. The number of carbonyl (C=O) groups is 2. The molecule has 2 fully saturated rings. The highest BCUT2D eigenvalue weighted by atomic mass is 16.2. The molecule has 27 heavy (non-hydrogen) atoms. The summed E-state index contributed by atoms with van der Waals surface area (Å²) in [5, 5.41) is 6.02. The van der Waals surface area contributed by atoms with Gasteiger partial charge in [0, 0.05) is 18.7 Å². The van der Waals surface area contributed by atoms with Gasteiger partial charge in [-0.05, 0) is 76.4 Å². The number of nitrogens with zero attached hydrogens (tertiary/aromatic N) is 2. The standard InChI is InChI=1S/C21H30N4O2/c26-20(22-10-6-13-24-11-3-1-4-12-24)16-8-9-18-17(15-16)23-21(27)19-7-2-5-14-25(18)19/h8-9,15,19H,1-7,10-14H2,(H,22,26)(H,23,27). The highest BCUT2D eigenvalue weighted by Gasteiger charge is 2.34. The molecular formula is C21H30N4O2. The Labute approximate surface area is 161 Å². The topological polar surface area (TPSA) is 64.7 Å². The van der Waals surface area contributed by atoms with Crippen molar-refractivity contribution in [2.75, 3.05) is 42.9 Å². The van der Waals surface area contributed by atoms with E-state index in [0.29, 0.717) is 12.1 Å². The number of nitrogens with one attached hydrogen (secondary N) is 2. The van der Waals surface area contributed by atoms with Gasteiger partial charge in [0.1, 0.15) is 6.04 Å². The molecule has 3 aliphatic rings. The lowest BCUT2D eigenvalue weighted by molar-refractivity contribution is -0.118. The molecule has 1 unspecified atom stereocenters. The molecule has 2 saturated heterocycles. The maximum Gasteiger partial charge on any atom is 0.251 e. The van der Waals surface area contributed by atoms with Crippen molar-refractivity contribution in [1.29, 1.82) is 0 Å². The van der Waals surface area contributed by atoms with E-state index in [4.69, 9.17) is 0 Å². The highest BCUT2D eigenvalue weighted by Crippen LogP contribution is 2.36. The van der Waals surface area contributed by atoms with Gasteiger partial charge < -0.3 is 20.4 Å². The normalized spacial score (nSPS) is 22.6. The molecule has 2 amide bonds. The summed E-state index contributed by atoms with van der Waals surface area (Å²) in [6.45, 7) is 5.03. The first-order valence-electron chi connectivity index (χ1n) is 10.4. The van der Waals surface area contributed by atoms with Crippen LogP contribution in [0, 0.1) is 0 Å². The maximum absolute atomic E-state index is 12.5. The van der Waals surface area contributed by atoms with Crippen molar-refractivity contribution in [2.45, 2.75) is 51.0 Å². The van der Waals surface area contributed by atoms with Crippen molar-refractivity contribution >= 4 is 23.2 Å². The molecule has 6 nitrogen and oxygen atoms in total. The molecule has 6 heteroatoms. The lowest BCUT2D eigenvalue weighted by Crippen LogP contribution is -2.50. The van der Waals surface area contributed by atoms with E-state index in [-0.39, 0.29) is 17.9 Å². The maximum atomic E-state index is 12.5. The Bertz CT molecular complexity index is 699. The minimum absolute atomic E-state index is 0.0549. The van der Waals surface area contributed by atoms with Gasteiger partial charge in [-0.2, -0.15) is 0 Å². The molecule has 1 aromatic carbocycles. The van der Waals surface area contributed by atoms with E-state index in [1.54, 1.807) is 0 Å². The molecule has 0 saturated carbocycles. The van der Waals surface area contributed by atoms with Crippen molar-refractivity contribution in [1.82, 2.24) is 10.2 Å². The minimum atomic E-state index is -0.0635. The fourth-order valence-corrected chi connectivity index (χ4v) is 4.53. The van der Waals surface area contributed by atoms with Gasteiger partial charge in [-0.1, -0.05) is 6.42 Å². The zero-order valence-corrected chi connectivity index (χ0v) is 16.0. The van der Waals surface area contributed by atoms with E-state index in [2.05, 4.69) is 20.4 Å². The molecule has 1 aromatic rings. The molecule has 146 valence electrons. The number of rotatable bonds is 5. The third-order valence-corrected chi connectivity index (χ3v) is 6.02. The SMILES string of the molecule is O=C(NCCCN1CCCCC1)c1ccc2c(c1)NC(=O)C1CCCCN21. The van der Waals surface area contributed by atoms with Crippen LogP contribution in [-0.4, -0.2) is 55.5 Å². The van der Waals surface area contributed by atoms with Gasteiger partial charge >= 0.3 is 0 Å². The summed E-state index contributed by atoms with van der Waals surface area (Å²) in [4.78, 5) is 29.5. The van der Waals surface area contributed by atoms with E-state index in [9.17, 15) is 9.59 Å². The molecule has 2 N–H and O–H groups in total. The molecule has 3 heterocycles. The Morgan fingerprint density at radius 1 is 1.11 bits per heavy atom. The fraction of sp³-hybridized carbons (Fsp3) is 0.619. The molecule has 3 aliphatic heterocycles. The number of anilines is 2. The molecule has 0 aromatic heterocycles. The van der Waals surface area contributed by atoms with Crippen molar-refractivity contribution in [2.24, 2.45) is 0 Å². The van der Waals surface area contributed by atoms with Crippen LogP contribution in [0.1, 0.15) is 55.3 Å². The molecule has 0 aliphatic carbocycles. The number of fused-ring (bicyclic) bond motifs is 3. The average molecular weight is 370 g/mol. The molecule has 1 atom stereocenters. The van der Waals surface area contributed by atoms with Gasteiger partial charge in [0.25, 0.3) is 5.91 Å². The first-order valence-corrected chi connectivity index (χ1v) is 10.4. The van der Waals surface area contributed by atoms with Crippen LogP contribution >= 0.6 is 0 Å². The molecular weight excluding hydrogens is 340 g/mol. The van der Waals surface area contributed by atoms with Crippen molar-refractivity contribution in [3.63, 3.8) is 0 Å². The number of piperidine rings is 2. The first kappa shape index (κ1) is 18.3. The van der Waals surface area contributed by atoms with Crippen molar-refractivity contribution in [3.05, 3.63) is 23.8 Å². The second kappa shape index (κ2) is 8.30.